The van der Waals surface area contributed by atoms with Gasteiger partial charge in [0.1, 0.15) is 0 Å². The number of hydrogen-bond acceptors (Lipinski definition) is 3. The third-order valence-electron chi connectivity index (χ3n) is 6.23. The van der Waals surface area contributed by atoms with Gasteiger partial charge in [-0.25, -0.2) is 0 Å². The van der Waals surface area contributed by atoms with E-state index in [1.807, 2.05) is 72.2 Å². The summed E-state index contributed by atoms with van der Waals surface area (Å²) in [7, 11) is 0. The smallest absolute Gasteiger partial charge is 0.289 e. The van der Waals surface area contributed by atoms with Crippen molar-refractivity contribution >= 4 is 23.4 Å². The van der Waals surface area contributed by atoms with Crippen molar-refractivity contribution in [1.82, 2.24) is 14.4 Å². The number of halogens is 1. The first kappa shape index (κ1) is 22.0. The van der Waals surface area contributed by atoms with Gasteiger partial charge in [0.15, 0.2) is 5.76 Å². The topological polar surface area (TPSA) is 58.7 Å². The molecule has 4 aromatic rings. The van der Waals surface area contributed by atoms with Gasteiger partial charge < -0.3 is 18.8 Å². The molecule has 2 amide bonds. The highest BCUT2D eigenvalue weighted by Crippen LogP contribution is 2.33. The molecule has 3 heterocycles. The lowest BCUT2D eigenvalue weighted by Crippen LogP contribution is -2.50. The number of para-hydroxylation sites is 1. The standard InChI is InChI=1S/C27H24ClN3O3/c1-19-21(26(32)29-13-15-30(16-14-29)27(33)25-12-7-17-34-25)18-24(20-8-3-2-4-9-20)31(19)23-11-6-5-10-22(23)28/h2-12,17-18H,13-16H2,1H3. The molecule has 0 bridgehead atoms. The number of benzene rings is 2. The Morgan fingerprint density at radius 3 is 2.12 bits per heavy atom. The monoisotopic (exact) mass is 473 g/mol. The predicted octanol–water partition coefficient (Wildman–Crippen LogP) is 5.30. The van der Waals surface area contributed by atoms with Crippen LogP contribution in [-0.4, -0.2) is 52.4 Å². The number of nitrogens with zero attached hydrogens (tertiary/aromatic N) is 3. The van der Waals surface area contributed by atoms with Gasteiger partial charge in [0, 0.05) is 31.9 Å². The van der Waals surface area contributed by atoms with E-state index in [0.29, 0.717) is 42.5 Å². The minimum atomic E-state index is -0.149. The molecule has 0 spiro atoms. The van der Waals surface area contributed by atoms with Crippen LogP contribution < -0.4 is 0 Å². The normalized spacial score (nSPS) is 13.8. The Balaban J connectivity index is 1.45. The lowest BCUT2D eigenvalue weighted by Gasteiger charge is -2.34. The highest BCUT2D eigenvalue weighted by molar-refractivity contribution is 6.32. The summed E-state index contributed by atoms with van der Waals surface area (Å²) in [4.78, 5) is 29.7. The Morgan fingerprint density at radius 2 is 1.47 bits per heavy atom. The highest BCUT2D eigenvalue weighted by atomic mass is 35.5. The first-order valence-electron chi connectivity index (χ1n) is 11.2. The Kier molecular flexibility index (Phi) is 5.99. The fourth-order valence-electron chi connectivity index (χ4n) is 4.43. The fraction of sp³-hybridized carbons (Fsp3) is 0.185. The lowest BCUT2D eigenvalue weighted by atomic mass is 10.1. The number of carbonyl (C=O) groups is 2. The molecule has 1 saturated heterocycles. The maximum absolute atomic E-state index is 13.6. The van der Waals surface area contributed by atoms with Gasteiger partial charge in [-0.3, -0.25) is 9.59 Å². The van der Waals surface area contributed by atoms with E-state index in [1.54, 1.807) is 21.9 Å². The number of piperazine rings is 1. The van der Waals surface area contributed by atoms with Gasteiger partial charge in [0.2, 0.25) is 0 Å². The van der Waals surface area contributed by atoms with Gasteiger partial charge in [0.25, 0.3) is 11.8 Å². The summed E-state index contributed by atoms with van der Waals surface area (Å²) < 4.78 is 7.28. The summed E-state index contributed by atoms with van der Waals surface area (Å²) in [5.41, 5.74) is 4.18. The van der Waals surface area contributed by atoms with Crippen molar-refractivity contribution in [1.29, 1.82) is 0 Å². The summed E-state index contributed by atoms with van der Waals surface area (Å²) in [6.07, 6.45) is 1.49. The van der Waals surface area contributed by atoms with Gasteiger partial charge in [-0.2, -0.15) is 0 Å². The van der Waals surface area contributed by atoms with E-state index < -0.39 is 0 Å². The quantitative estimate of drug-likeness (QED) is 0.404. The molecule has 6 nitrogen and oxygen atoms in total. The van der Waals surface area contributed by atoms with Crippen LogP contribution in [0.1, 0.15) is 26.6 Å². The third kappa shape index (κ3) is 4.01. The van der Waals surface area contributed by atoms with Crippen LogP contribution in [0.3, 0.4) is 0 Å². The summed E-state index contributed by atoms with van der Waals surface area (Å²) in [5.74, 6) is 0.120. The van der Waals surface area contributed by atoms with E-state index in [2.05, 4.69) is 0 Å². The second-order valence-electron chi connectivity index (χ2n) is 8.24. The largest absolute Gasteiger partial charge is 0.459 e. The van der Waals surface area contributed by atoms with Crippen LogP contribution >= 0.6 is 11.6 Å². The number of furan rings is 1. The third-order valence-corrected chi connectivity index (χ3v) is 6.55. The Hall–Kier alpha value is -3.77. The number of hydrogen-bond donors (Lipinski definition) is 0. The minimum absolute atomic E-state index is 0.0504. The summed E-state index contributed by atoms with van der Waals surface area (Å²) >= 11 is 6.55. The van der Waals surface area contributed by atoms with E-state index in [1.165, 1.54) is 6.26 Å². The average molecular weight is 474 g/mol. The van der Waals surface area contributed by atoms with Crippen LogP contribution in [0.4, 0.5) is 0 Å². The lowest BCUT2D eigenvalue weighted by molar-refractivity contribution is 0.0518. The van der Waals surface area contributed by atoms with Crippen molar-refractivity contribution in [2.24, 2.45) is 0 Å². The molecular formula is C27H24ClN3O3. The minimum Gasteiger partial charge on any atom is -0.459 e. The zero-order chi connectivity index (χ0) is 23.7. The Bertz CT molecular complexity index is 1320. The number of rotatable bonds is 4. The van der Waals surface area contributed by atoms with Crippen LogP contribution in [0.2, 0.25) is 5.02 Å². The molecule has 0 N–H and O–H groups in total. The molecule has 0 radical (unpaired) electrons. The molecule has 0 aliphatic carbocycles. The predicted molar refractivity (Wildman–Crippen MR) is 131 cm³/mol. The molecule has 2 aromatic carbocycles. The molecule has 1 aliphatic heterocycles. The zero-order valence-corrected chi connectivity index (χ0v) is 19.5. The second-order valence-corrected chi connectivity index (χ2v) is 8.65. The van der Waals surface area contributed by atoms with Crippen molar-refractivity contribution < 1.29 is 14.0 Å². The molecule has 0 atom stereocenters. The SMILES string of the molecule is Cc1c(C(=O)N2CCN(C(=O)c3ccco3)CC2)cc(-c2ccccc2)n1-c1ccccc1Cl. The van der Waals surface area contributed by atoms with Crippen molar-refractivity contribution in [3.63, 3.8) is 0 Å². The molecule has 1 aliphatic rings. The molecule has 2 aromatic heterocycles. The van der Waals surface area contributed by atoms with Gasteiger partial charge in [-0.15, -0.1) is 0 Å². The van der Waals surface area contributed by atoms with E-state index in [0.717, 1.165) is 22.6 Å². The van der Waals surface area contributed by atoms with E-state index in [4.69, 9.17) is 16.0 Å². The van der Waals surface area contributed by atoms with Crippen LogP contribution in [0.25, 0.3) is 16.9 Å². The van der Waals surface area contributed by atoms with Gasteiger partial charge in [-0.05, 0) is 42.8 Å². The van der Waals surface area contributed by atoms with Crippen molar-refractivity contribution in [2.75, 3.05) is 26.2 Å². The Morgan fingerprint density at radius 1 is 0.824 bits per heavy atom. The molecule has 0 unspecified atom stereocenters. The van der Waals surface area contributed by atoms with Crippen molar-refractivity contribution in [3.8, 4) is 16.9 Å². The number of aromatic nitrogens is 1. The van der Waals surface area contributed by atoms with E-state index in [9.17, 15) is 9.59 Å². The zero-order valence-electron chi connectivity index (χ0n) is 18.8. The van der Waals surface area contributed by atoms with Gasteiger partial charge in [0.05, 0.1) is 28.2 Å². The average Bonchev–Trinajstić information content (AvgIpc) is 3.53. The highest BCUT2D eigenvalue weighted by Gasteiger charge is 2.29. The van der Waals surface area contributed by atoms with Crippen LogP contribution in [-0.2, 0) is 0 Å². The van der Waals surface area contributed by atoms with Crippen molar-refractivity contribution in [2.45, 2.75) is 6.92 Å². The summed E-state index contributed by atoms with van der Waals surface area (Å²) in [6.45, 7) is 3.78. The summed E-state index contributed by atoms with van der Waals surface area (Å²) in [6, 6.07) is 22.9. The molecule has 172 valence electrons. The molecule has 34 heavy (non-hydrogen) atoms. The van der Waals surface area contributed by atoms with Gasteiger partial charge >= 0.3 is 0 Å². The molecule has 7 heteroatoms. The van der Waals surface area contributed by atoms with Crippen LogP contribution in [0, 0.1) is 6.92 Å². The molecule has 1 fully saturated rings. The van der Waals surface area contributed by atoms with Crippen molar-refractivity contribution in [3.05, 3.63) is 101 Å². The molecule has 5 rings (SSSR count). The maximum atomic E-state index is 13.6. The van der Waals surface area contributed by atoms with Crippen LogP contribution in [0.15, 0.2) is 83.5 Å². The maximum Gasteiger partial charge on any atom is 0.289 e. The number of amides is 2. The second kappa shape index (κ2) is 9.23. The van der Waals surface area contributed by atoms with E-state index >= 15 is 0 Å². The first-order chi connectivity index (χ1) is 16.5. The Labute approximate surface area is 203 Å². The van der Waals surface area contributed by atoms with Crippen LogP contribution in [0.5, 0.6) is 0 Å². The molecule has 0 saturated carbocycles. The first-order valence-corrected chi connectivity index (χ1v) is 11.6. The number of carbonyl (C=O) groups excluding carboxylic acids is 2. The van der Waals surface area contributed by atoms with Gasteiger partial charge in [-0.1, -0.05) is 54.1 Å². The molecular weight excluding hydrogens is 450 g/mol. The summed E-state index contributed by atoms with van der Waals surface area (Å²) in [5, 5.41) is 0.613. The van der Waals surface area contributed by atoms with E-state index in [-0.39, 0.29) is 11.8 Å². The fourth-order valence-corrected chi connectivity index (χ4v) is 4.65.